The minimum absolute atomic E-state index is 0.244. The molecule has 102 valence electrons. The van der Waals surface area contributed by atoms with E-state index in [2.05, 4.69) is 73.3 Å². The molecule has 0 saturated carbocycles. The van der Waals surface area contributed by atoms with Crippen LogP contribution in [0, 0.1) is 0 Å². The van der Waals surface area contributed by atoms with Gasteiger partial charge in [0.05, 0.1) is 6.04 Å². The lowest BCUT2D eigenvalue weighted by Gasteiger charge is -2.25. The first-order valence-corrected chi connectivity index (χ1v) is 7.20. The summed E-state index contributed by atoms with van der Waals surface area (Å²) in [5.41, 5.74) is 2.50. The van der Waals surface area contributed by atoms with Gasteiger partial charge in [-0.1, -0.05) is 60.7 Å². The molecule has 0 saturated heterocycles. The molecule has 3 rings (SSSR count). The third kappa shape index (κ3) is 2.46. The second-order valence-electron chi connectivity index (χ2n) is 5.49. The fraction of sp³-hybridized carbons (Fsp3) is 0.278. The first kappa shape index (κ1) is 12.9. The summed E-state index contributed by atoms with van der Waals surface area (Å²) in [6.07, 6.45) is 0. The van der Waals surface area contributed by atoms with Gasteiger partial charge in [-0.25, -0.2) is 0 Å². The molecule has 20 heavy (non-hydrogen) atoms. The van der Waals surface area contributed by atoms with Crippen molar-refractivity contribution >= 4 is 5.84 Å². The van der Waals surface area contributed by atoms with Gasteiger partial charge in [0.15, 0.2) is 0 Å². The highest BCUT2D eigenvalue weighted by atomic mass is 15.3. The molecule has 2 aromatic carbocycles. The van der Waals surface area contributed by atoms with E-state index in [9.17, 15) is 0 Å². The van der Waals surface area contributed by atoms with E-state index in [1.165, 1.54) is 11.1 Å². The second-order valence-corrected chi connectivity index (χ2v) is 5.49. The monoisotopic (exact) mass is 264 g/mol. The van der Waals surface area contributed by atoms with Crippen molar-refractivity contribution in [3.63, 3.8) is 0 Å². The highest BCUT2D eigenvalue weighted by Crippen LogP contribution is 2.28. The van der Waals surface area contributed by atoms with Crippen LogP contribution >= 0.6 is 0 Å². The fourth-order valence-corrected chi connectivity index (χ4v) is 2.67. The lowest BCUT2D eigenvalue weighted by molar-refractivity contribution is 0.359. The van der Waals surface area contributed by atoms with Crippen LogP contribution < -0.4 is 0 Å². The summed E-state index contributed by atoms with van der Waals surface area (Å²) in [6, 6.07) is 21.8. The Morgan fingerprint density at radius 1 is 0.950 bits per heavy atom. The maximum Gasteiger partial charge on any atom is 0.131 e. The van der Waals surface area contributed by atoms with Gasteiger partial charge in [0.25, 0.3) is 0 Å². The van der Waals surface area contributed by atoms with Crippen molar-refractivity contribution in [2.75, 3.05) is 6.54 Å². The summed E-state index contributed by atoms with van der Waals surface area (Å²) in [6.45, 7) is 5.42. The van der Waals surface area contributed by atoms with E-state index >= 15 is 0 Å². The Labute approximate surface area is 120 Å². The number of rotatable bonds is 3. The van der Waals surface area contributed by atoms with Crippen LogP contribution in [-0.2, 0) is 0 Å². The van der Waals surface area contributed by atoms with Crippen molar-refractivity contribution in [2.45, 2.75) is 25.9 Å². The highest BCUT2D eigenvalue weighted by Gasteiger charge is 2.28. The molecule has 1 atom stereocenters. The molecule has 2 aromatic rings. The maximum atomic E-state index is 4.97. The van der Waals surface area contributed by atoms with Gasteiger partial charge in [0.1, 0.15) is 5.84 Å². The molecule has 0 aliphatic carbocycles. The van der Waals surface area contributed by atoms with Crippen LogP contribution in [0.1, 0.15) is 31.0 Å². The minimum Gasteiger partial charge on any atom is -0.351 e. The van der Waals surface area contributed by atoms with Crippen LogP contribution in [0.15, 0.2) is 65.7 Å². The molecule has 1 aliphatic rings. The maximum absolute atomic E-state index is 4.97. The van der Waals surface area contributed by atoms with E-state index in [4.69, 9.17) is 4.99 Å². The molecule has 2 nitrogen and oxygen atoms in total. The van der Waals surface area contributed by atoms with Gasteiger partial charge in [-0.3, -0.25) is 4.99 Å². The van der Waals surface area contributed by atoms with E-state index in [-0.39, 0.29) is 6.04 Å². The molecule has 2 heteroatoms. The summed E-state index contributed by atoms with van der Waals surface area (Å²) < 4.78 is 0. The zero-order valence-corrected chi connectivity index (χ0v) is 12.0. The number of benzene rings is 2. The Morgan fingerprint density at radius 3 is 2.15 bits per heavy atom. The van der Waals surface area contributed by atoms with Gasteiger partial charge in [-0.2, -0.15) is 0 Å². The molecule has 1 aliphatic heterocycles. The van der Waals surface area contributed by atoms with Gasteiger partial charge in [0, 0.05) is 18.2 Å². The number of hydrogen-bond acceptors (Lipinski definition) is 2. The van der Waals surface area contributed by atoms with Crippen molar-refractivity contribution in [2.24, 2.45) is 4.99 Å². The lowest BCUT2D eigenvalue weighted by atomic mass is 10.1. The third-order valence-electron chi connectivity index (χ3n) is 3.76. The highest BCUT2D eigenvalue weighted by molar-refractivity contribution is 6.00. The predicted octanol–water partition coefficient (Wildman–Crippen LogP) is 3.90. The van der Waals surface area contributed by atoms with Crippen molar-refractivity contribution in [1.29, 1.82) is 0 Å². The Balaban J connectivity index is 1.96. The van der Waals surface area contributed by atoms with Crippen LogP contribution in [0.2, 0.25) is 0 Å². The number of nitrogens with zero attached hydrogens (tertiary/aromatic N) is 2. The zero-order chi connectivity index (χ0) is 13.9. The van der Waals surface area contributed by atoms with Crippen molar-refractivity contribution in [3.05, 3.63) is 71.8 Å². The van der Waals surface area contributed by atoms with Crippen molar-refractivity contribution < 1.29 is 0 Å². The van der Waals surface area contributed by atoms with E-state index in [1.54, 1.807) is 0 Å². The van der Waals surface area contributed by atoms with E-state index in [0.717, 1.165) is 12.4 Å². The third-order valence-corrected chi connectivity index (χ3v) is 3.76. The molecular weight excluding hydrogens is 244 g/mol. The van der Waals surface area contributed by atoms with Gasteiger partial charge in [-0.05, 0) is 19.4 Å². The summed E-state index contributed by atoms with van der Waals surface area (Å²) in [7, 11) is 0. The molecular formula is C18H20N2. The summed E-state index contributed by atoms with van der Waals surface area (Å²) in [5.74, 6) is 1.12. The molecule has 0 aromatic heterocycles. The molecule has 0 radical (unpaired) electrons. The average molecular weight is 264 g/mol. The summed E-state index contributed by atoms with van der Waals surface area (Å²) >= 11 is 0. The quantitative estimate of drug-likeness (QED) is 0.821. The standard InChI is InChI=1S/C18H20N2/c1-14(2)20-13-17(15-9-5-3-6-10-15)19-18(20)16-11-7-4-8-12-16/h3-12,14,17H,13H2,1-2H3/t17-/m1/s1. The summed E-state index contributed by atoms with van der Waals surface area (Å²) in [4.78, 5) is 7.37. The minimum atomic E-state index is 0.244. The normalized spacial score (nSPS) is 18.4. The first-order chi connectivity index (χ1) is 9.75. The van der Waals surface area contributed by atoms with Crippen molar-refractivity contribution in [3.8, 4) is 0 Å². The molecule has 0 unspecified atom stereocenters. The molecule has 0 bridgehead atoms. The number of amidine groups is 1. The SMILES string of the molecule is CC(C)N1C[C@H](c2ccccc2)N=C1c1ccccc1. The number of aliphatic imine (C=N–C) groups is 1. The van der Waals surface area contributed by atoms with E-state index < -0.39 is 0 Å². The molecule has 0 spiro atoms. The van der Waals surface area contributed by atoms with Gasteiger partial charge < -0.3 is 4.90 Å². The molecule has 0 amide bonds. The molecule has 1 heterocycles. The van der Waals surface area contributed by atoms with Crippen LogP contribution in [0.25, 0.3) is 0 Å². The van der Waals surface area contributed by atoms with Crippen LogP contribution in [0.3, 0.4) is 0 Å². The summed E-state index contributed by atoms with van der Waals surface area (Å²) in [5, 5.41) is 0. The predicted molar refractivity (Wildman–Crippen MR) is 84.0 cm³/mol. The Bertz CT molecular complexity index is 587. The lowest BCUT2D eigenvalue weighted by Crippen LogP contribution is -2.35. The van der Waals surface area contributed by atoms with Gasteiger partial charge >= 0.3 is 0 Å². The zero-order valence-electron chi connectivity index (χ0n) is 12.0. The smallest absolute Gasteiger partial charge is 0.131 e. The fourth-order valence-electron chi connectivity index (χ4n) is 2.67. The molecule has 0 N–H and O–H groups in total. The van der Waals surface area contributed by atoms with E-state index in [1.807, 2.05) is 6.07 Å². The van der Waals surface area contributed by atoms with Crippen LogP contribution in [-0.4, -0.2) is 23.3 Å². The van der Waals surface area contributed by atoms with Gasteiger partial charge in [-0.15, -0.1) is 0 Å². The number of hydrogen-bond donors (Lipinski definition) is 0. The van der Waals surface area contributed by atoms with E-state index in [0.29, 0.717) is 6.04 Å². The second kappa shape index (κ2) is 5.49. The van der Waals surface area contributed by atoms with Gasteiger partial charge in [0.2, 0.25) is 0 Å². The Hall–Kier alpha value is -2.09. The Kier molecular flexibility index (Phi) is 3.55. The van der Waals surface area contributed by atoms with Crippen molar-refractivity contribution in [1.82, 2.24) is 4.90 Å². The van der Waals surface area contributed by atoms with Crippen LogP contribution in [0.4, 0.5) is 0 Å². The first-order valence-electron chi connectivity index (χ1n) is 7.20. The average Bonchev–Trinajstić information content (AvgIpc) is 2.94. The topological polar surface area (TPSA) is 15.6 Å². The molecule has 0 fully saturated rings. The Morgan fingerprint density at radius 2 is 1.55 bits per heavy atom. The largest absolute Gasteiger partial charge is 0.351 e. The van der Waals surface area contributed by atoms with Crippen LogP contribution in [0.5, 0.6) is 0 Å².